The summed E-state index contributed by atoms with van der Waals surface area (Å²) in [6, 6.07) is 6.37. The first kappa shape index (κ1) is 16.9. The minimum absolute atomic E-state index is 0.147. The van der Waals surface area contributed by atoms with Crippen molar-refractivity contribution in [1.29, 1.82) is 0 Å². The lowest BCUT2D eigenvalue weighted by Gasteiger charge is -2.03. The number of imidazole rings is 1. The number of ether oxygens (including phenoxy) is 1. The number of benzene rings is 1. The van der Waals surface area contributed by atoms with Crippen molar-refractivity contribution in [3.05, 3.63) is 58.4 Å². The highest BCUT2D eigenvalue weighted by atomic mass is 32.1. The van der Waals surface area contributed by atoms with Crippen molar-refractivity contribution >= 4 is 34.1 Å². The number of thiazole rings is 1. The Hall–Kier alpha value is -2.93. The lowest BCUT2D eigenvalue weighted by Crippen LogP contribution is -2.09. The molecule has 0 bridgehead atoms. The van der Waals surface area contributed by atoms with E-state index in [9.17, 15) is 9.59 Å². The van der Waals surface area contributed by atoms with Crippen LogP contribution in [-0.4, -0.2) is 32.9 Å². The lowest BCUT2D eigenvalue weighted by atomic mass is 10.1. The number of nitrogens with zero attached hydrogens (tertiary/aromatic N) is 2. The molecule has 0 atom stereocenters. The molecule has 6 nitrogen and oxygen atoms in total. The second-order valence-corrected chi connectivity index (χ2v) is 6.69. The van der Waals surface area contributed by atoms with Crippen LogP contribution in [0, 0.1) is 13.8 Å². The summed E-state index contributed by atoms with van der Waals surface area (Å²) in [5.41, 5.74) is 2.25. The van der Waals surface area contributed by atoms with Gasteiger partial charge in [0.2, 0.25) is 0 Å². The van der Waals surface area contributed by atoms with E-state index in [1.807, 2.05) is 24.4 Å². The lowest BCUT2D eigenvalue weighted by molar-refractivity contribution is -0.139. The molecule has 0 unspecified atom stereocenters. The fourth-order valence-electron chi connectivity index (χ4n) is 2.39. The van der Waals surface area contributed by atoms with Gasteiger partial charge in [-0.1, -0.05) is 0 Å². The smallest absolute Gasteiger partial charge is 0.341 e. The number of rotatable bonds is 6. The molecule has 0 spiro atoms. The molecule has 7 heteroatoms. The molecular weight excluding hydrogens is 340 g/mol. The molecule has 2 heterocycles. The second kappa shape index (κ2) is 6.90. The largest absolute Gasteiger partial charge is 0.482 e. The molecule has 0 aliphatic heterocycles. The van der Waals surface area contributed by atoms with Crippen LogP contribution in [-0.2, 0) is 4.79 Å². The van der Waals surface area contributed by atoms with E-state index < -0.39 is 12.6 Å². The standard InChI is InChI=1S/C18H16N2O4S/c1-11-9-20-15(12(2)19-18(20)25-11)7-8-16(21)13-3-5-14(6-4-13)24-10-17(22)23/h3-9H,10H2,1-2H3,(H,22,23)/b8-7+. The van der Waals surface area contributed by atoms with Crippen LogP contribution in [0.5, 0.6) is 5.75 Å². The maximum absolute atomic E-state index is 12.3. The Bertz CT molecular complexity index is 967. The van der Waals surface area contributed by atoms with Crippen LogP contribution in [0.25, 0.3) is 11.0 Å². The summed E-state index contributed by atoms with van der Waals surface area (Å²) in [4.78, 5) is 29.3. The molecular formula is C18H16N2O4S. The molecule has 0 radical (unpaired) electrons. The highest BCUT2D eigenvalue weighted by Crippen LogP contribution is 2.22. The maximum atomic E-state index is 12.3. The van der Waals surface area contributed by atoms with E-state index in [1.165, 1.54) is 6.08 Å². The molecule has 1 N–H and O–H groups in total. The van der Waals surface area contributed by atoms with Crippen LogP contribution < -0.4 is 4.74 Å². The van der Waals surface area contributed by atoms with Crippen LogP contribution in [0.15, 0.2) is 36.5 Å². The summed E-state index contributed by atoms with van der Waals surface area (Å²) >= 11 is 1.60. The van der Waals surface area contributed by atoms with Gasteiger partial charge in [-0.25, -0.2) is 9.78 Å². The molecule has 0 amide bonds. The van der Waals surface area contributed by atoms with E-state index >= 15 is 0 Å². The fraction of sp³-hybridized carbons (Fsp3) is 0.167. The molecule has 2 aromatic heterocycles. The molecule has 128 valence electrons. The number of aliphatic carboxylic acids is 1. The van der Waals surface area contributed by atoms with Crippen LogP contribution >= 0.6 is 11.3 Å². The van der Waals surface area contributed by atoms with Gasteiger partial charge in [0.25, 0.3) is 0 Å². The number of ketones is 1. The molecule has 0 saturated carbocycles. The van der Waals surface area contributed by atoms with E-state index in [-0.39, 0.29) is 5.78 Å². The highest BCUT2D eigenvalue weighted by Gasteiger charge is 2.09. The number of carboxylic acids is 1. The summed E-state index contributed by atoms with van der Waals surface area (Å²) in [6.45, 7) is 3.51. The number of carbonyl (C=O) groups excluding carboxylic acids is 1. The fourth-order valence-corrected chi connectivity index (χ4v) is 3.27. The van der Waals surface area contributed by atoms with Crippen molar-refractivity contribution < 1.29 is 19.4 Å². The third-order valence-corrected chi connectivity index (χ3v) is 4.45. The first-order valence-electron chi connectivity index (χ1n) is 7.56. The molecule has 3 aromatic rings. The number of carbonyl (C=O) groups is 2. The van der Waals surface area contributed by atoms with Crippen LogP contribution in [0.4, 0.5) is 0 Å². The van der Waals surface area contributed by atoms with Gasteiger partial charge in [-0.3, -0.25) is 9.20 Å². The Morgan fingerprint density at radius 3 is 2.68 bits per heavy atom. The first-order valence-corrected chi connectivity index (χ1v) is 8.38. The van der Waals surface area contributed by atoms with Crippen molar-refractivity contribution in [3.63, 3.8) is 0 Å². The van der Waals surface area contributed by atoms with Crippen molar-refractivity contribution in [3.8, 4) is 5.75 Å². The Morgan fingerprint density at radius 1 is 1.28 bits per heavy atom. The average Bonchev–Trinajstić information content (AvgIpc) is 3.06. The number of aromatic nitrogens is 2. The molecule has 0 saturated heterocycles. The van der Waals surface area contributed by atoms with Gasteiger partial charge < -0.3 is 9.84 Å². The van der Waals surface area contributed by atoms with Gasteiger partial charge in [0, 0.05) is 16.6 Å². The molecule has 1 aromatic carbocycles. The maximum Gasteiger partial charge on any atom is 0.341 e. The topological polar surface area (TPSA) is 80.9 Å². The predicted octanol–water partition coefficient (Wildman–Crippen LogP) is 3.37. The number of hydrogen-bond acceptors (Lipinski definition) is 5. The van der Waals surface area contributed by atoms with Crippen molar-refractivity contribution in [2.45, 2.75) is 13.8 Å². The molecule has 3 rings (SSSR count). The molecule has 0 fully saturated rings. The van der Waals surface area contributed by atoms with E-state index in [1.54, 1.807) is 41.7 Å². The van der Waals surface area contributed by atoms with E-state index in [2.05, 4.69) is 4.98 Å². The van der Waals surface area contributed by atoms with Gasteiger partial charge in [-0.05, 0) is 50.3 Å². The van der Waals surface area contributed by atoms with E-state index in [0.717, 1.165) is 21.2 Å². The van der Waals surface area contributed by atoms with Gasteiger partial charge in [-0.2, -0.15) is 0 Å². The Kier molecular flexibility index (Phi) is 4.67. The van der Waals surface area contributed by atoms with Gasteiger partial charge in [0.05, 0.1) is 11.4 Å². The number of carboxylic acid groups (broad SMARTS) is 1. The Morgan fingerprint density at radius 2 is 2.00 bits per heavy atom. The average molecular weight is 356 g/mol. The van der Waals surface area contributed by atoms with Crippen LogP contribution in [0.2, 0.25) is 0 Å². The SMILES string of the molecule is Cc1cn2c(/C=C/C(=O)c3ccc(OCC(=O)O)cc3)c(C)nc2s1. The summed E-state index contributed by atoms with van der Waals surface area (Å²) in [5.74, 6) is -0.787. The third-order valence-electron chi connectivity index (χ3n) is 3.56. The minimum Gasteiger partial charge on any atom is -0.482 e. The van der Waals surface area contributed by atoms with E-state index in [0.29, 0.717) is 11.3 Å². The zero-order valence-electron chi connectivity index (χ0n) is 13.7. The predicted molar refractivity (Wildman–Crippen MR) is 95.5 cm³/mol. The van der Waals surface area contributed by atoms with Crippen molar-refractivity contribution in [2.24, 2.45) is 0 Å². The number of fused-ring (bicyclic) bond motifs is 1. The first-order chi connectivity index (χ1) is 11.9. The monoisotopic (exact) mass is 356 g/mol. The number of allylic oxidation sites excluding steroid dienone is 1. The van der Waals surface area contributed by atoms with Crippen molar-refractivity contribution in [1.82, 2.24) is 9.38 Å². The number of hydrogen-bond donors (Lipinski definition) is 1. The second-order valence-electron chi connectivity index (χ2n) is 5.48. The summed E-state index contributed by atoms with van der Waals surface area (Å²) in [6.07, 6.45) is 5.27. The summed E-state index contributed by atoms with van der Waals surface area (Å²) < 4.78 is 7.02. The third kappa shape index (κ3) is 3.77. The Balaban J connectivity index is 1.75. The van der Waals surface area contributed by atoms with Gasteiger partial charge >= 0.3 is 5.97 Å². The normalized spacial score (nSPS) is 11.3. The van der Waals surface area contributed by atoms with Gasteiger partial charge in [0.1, 0.15) is 5.75 Å². The quantitative estimate of drug-likeness (QED) is 0.541. The van der Waals surface area contributed by atoms with Crippen LogP contribution in [0.1, 0.15) is 26.6 Å². The summed E-state index contributed by atoms with van der Waals surface area (Å²) in [5, 5.41) is 8.58. The summed E-state index contributed by atoms with van der Waals surface area (Å²) in [7, 11) is 0. The Labute approximate surface area is 148 Å². The van der Waals surface area contributed by atoms with Crippen molar-refractivity contribution in [2.75, 3.05) is 6.61 Å². The minimum atomic E-state index is -1.05. The molecule has 0 aliphatic carbocycles. The van der Waals surface area contributed by atoms with Gasteiger partial charge in [-0.15, -0.1) is 11.3 Å². The highest BCUT2D eigenvalue weighted by molar-refractivity contribution is 7.17. The zero-order chi connectivity index (χ0) is 18.0. The molecule has 25 heavy (non-hydrogen) atoms. The van der Waals surface area contributed by atoms with Crippen LogP contribution in [0.3, 0.4) is 0 Å². The number of aryl methyl sites for hydroxylation is 2. The zero-order valence-corrected chi connectivity index (χ0v) is 14.5. The molecule has 0 aliphatic rings. The van der Waals surface area contributed by atoms with Gasteiger partial charge in [0.15, 0.2) is 17.4 Å². The van der Waals surface area contributed by atoms with E-state index in [4.69, 9.17) is 9.84 Å².